The Bertz CT molecular complexity index is 454. The molecule has 0 radical (unpaired) electrons. The summed E-state index contributed by atoms with van der Waals surface area (Å²) in [4.78, 5) is 14.1. The molecule has 1 aromatic carbocycles. The van der Waals surface area contributed by atoms with Gasteiger partial charge in [0.05, 0.1) is 18.8 Å². The van der Waals surface area contributed by atoms with E-state index in [0.717, 1.165) is 37.4 Å². The van der Waals surface area contributed by atoms with Gasteiger partial charge < -0.3 is 15.0 Å². The molecule has 4 heteroatoms. The van der Waals surface area contributed by atoms with Gasteiger partial charge in [0, 0.05) is 13.1 Å². The van der Waals surface area contributed by atoms with Crippen molar-refractivity contribution in [3.05, 3.63) is 24.3 Å². The summed E-state index contributed by atoms with van der Waals surface area (Å²) in [7, 11) is 0. The summed E-state index contributed by atoms with van der Waals surface area (Å²) in [5, 5.41) is 3.22. The summed E-state index contributed by atoms with van der Waals surface area (Å²) < 4.78 is 5.79. The third-order valence-corrected chi connectivity index (χ3v) is 3.60. The molecule has 0 saturated carbocycles. The molecular formula is C17H26N2O2. The standard InChI is InChI=1S/C17H26N2O2/c1-14(2)13-21-16-9-5-4-8-15(16)18-12-17(20)19-10-6-3-7-11-19/h4-5,8-9,14,18H,3,6-7,10-13H2,1-2H3. The molecule has 21 heavy (non-hydrogen) atoms. The van der Waals surface area contributed by atoms with Crippen molar-refractivity contribution in [1.82, 2.24) is 4.90 Å². The zero-order valence-electron chi connectivity index (χ0n) is 13.1. The Labute approximate surface area is 127 Å². The highest BCUT2D eigenvalue weighted by molar-refractivity contribution is 5.81. The van der Waals surface area contributed by atoms with Crippen LogP contribution in [0.25, 0.3) is 0 Å². The minimum atomic E-state index is 0.174. The maximum Gasteiger partial charge on any atom is 0.241 e. The van der Waals surface area contributed by atoms with Gasteiger partial charge in [-0.1, -0.05) is 26.0 Å². The minimum absolute atomic E-state index is 0.174. The number of likely N-dealkylation sites (tertiary alicyclic amines) is 1. The summed E-state index contributed by atoms with van der Waals surface area (Å²) in [6, 6.07) is 7.80. The Morgan fingerprint density at radius 3 is 2.67 bits per heavy atom. The van der Waals surface area contributed by atoms with Crippen LogP contribution in [0.1, 0.15) is 33.1 Å². The average molecular weight is 290 g/mol. The molecular weight excluding hydrogens is 264 g/mol. The number of piperidine rings is 1. The highest BCUT2D eigenvalue weighted by Crippen LogP contribution is 2.24. The van der Waals surface area contributed by atoms with Crippen molar-refractivity contribution < 1.29 is 9.53 Å². The number of nitrogens with zero attached hydrogens (tertiary/aromatic N) is 1. The number of hydrogen-bond acceptors (Lipinski definition) is 3. The molecule has 1 amide bonds. The molecule has 4 nitrogen and oxygen atoms in total. The number of carbonyl (C=O) groups excluding carboxylic acids is 1. The van der Waals surface area contributed by atoms with E-state index in [4.69, 9.17) is 4.74 Å². The first kappa shape index (κ1) is 15.7. The van der Waals surface area contributed by atoms with Crippen molar-refractivity contribution in [2.24, 2.45) is 5.92 Å². The van der Waals surface area contributed by atoms with Gasteiger partial charge in [-0.15, -0.1) is 0 Å². The number of hydrogen-bond donors (Lipinski definition) is 1. The largest absolute Gasteiger partial charge is 0.491 e. The predicted octanol–water partition coefficient (Wildman–Crippen LogP) is 3.15. The van der Waals surface area contributed by atoms with E-state index < -0.39 is 0 Å². The highest BCUT2D eigenvalue weighted by Gasteiger charge is 2.16. The molecule has 0 aromatic heterocycles. The maximum atomic E-state index is 12.2. The average Bonchev–Trinajstić information content (AvgIpc) is 2.52. The Morgan fingerprint density at radius 1 is 1.24 bits per heavy atom. The van der Waals surface area contributed by atoms with Crippen molar-refractivity contribution in [3.8, 4) is 5.75 Å². The number of benzene rings is 1. The normalized spacial score (nSPS) is 15.1. The molecule has 1 fully saturated rings. The topological polar surface area (TPSA) is 41.6 Å². The molecule has 0 spiro atoms. The molecule has 1 aromatic rings. The lowest BCUT2D eigenvalue weighted by molar-refractivity contribution is -0.130. The quantitative estimate of drug-likeness (QED) is 0.875. The van der Waals surface area contributed by atoms with Gasteiger partial charge in [-0.25, -0.2) is 0 Å². The lowest BCUT2D eigenvalue weighted by Gasteiger charge is -2.27. The van der Waals surface area contributed by atoms with E-state index in [1.54, 1.807) is 0 Å². The fourth-order valence-corrected chi connectivity index (χ4v) is 2.42. The third kappa shape index (κ3) is 4.96. The monoisotopic (exact) mass is 290 g/mol. The minimum Gasteiger partial charge on any atom is -0.491 e. The number of carbonyl (C=O) groups is 1. The zero-order chi connectivity index (χ0) is 15.1. The van der Waals surface area contributed by atoms with E-state index in [0.29, 0.717) is 19.1 Å². The van der Waals surface area contributed by atoms with E-state index in [2.05, 4.69) is 19.2 Å². The van der Waals surface area contributed by atoms with E-state index in [1.807, 2.05) is 29.2 Å². The molecule has 0 bridgehead atoms. The second-order valence-electron chi connectivity index (χ2n) is 6.00. The van der Waals surface area contributed by atoms with Crippen LogP contribution >= 0.6 is 0 Å². The SMILES string of the molecule is CC(C)COc1ccccc1NCC(=O)N1CCCCC1. The van der Waals surface area contributed by atoms with Crippen LogP contribution in [0.15, 0.2) is 24.3 Å². The fourth-order valence-electron chi connectivity index (χ4n) is 2.42. The van der Waals surface area contributed by atoms with Gasteiger partial charge in [0.1, 0.15) is 5.75 Å². The maximum absolute atomic E-state index is 12.2. The van der Waals surface area contributed by atoms with Gasteiger partial charge in [-0.05, 0) is 37.3 Å². The van der Waals surface area contributed by atoms with Gasteiger partial charge in [-0.3, -0.25) is 4.79 Å². The van der Waals surface area contributed by atoms with E-state index >= 15 is 0 Å². The molecule has 0 atom stereocenters. The number of nitrogens with one attached hydrogen (secondary N) is 1. The Hall–Kier alpha value is -1.71. The molecule has 2 rings (SSSR count). The predicted molar refractivity (Wildman–Crippen MR) is 85.7 cm³/mol. The molecule has 1 saturated heterocycles. The van der Waals surface area contributed by atoms with Gasteiger partial charge in [0.2, 0.25) is 5.91 Å². The second-order valence-corrected chi connectivity index (χ2v) is 6.00. The molecule has 1 heterocycles. The third-order valence-electron chi connectivity index (χ3n) is 3.60. The number of rotatable bonds is 6. The summed E-state index contributed by atoms with van der Waals surface area (Å²) in [5.41, 5.74) is 0.892. The lowest BCUT2D eigenvalue weighted by Crippen LogP contribution is -2.39. The fraction of sp³-hybridized carbons (Fsp3) is 0.588. The van der Waals surface area contributed by atoms with Crippen LogP contribution in [-0.2, 0) is 4.79 Å². The summed E-state index contributed by atoms with van der Waals surface area (Å²) in [6.07, 6.45) is 3.49. The first-order valence-corrected chi connectivity index (χ1v) is 7.90. The molecule has 1 N–H and O–H groups in total. The summed E-state index contributed by atoms with van der Waals surface area (Å²) in [6.45, 7) is 7.05. The first-order chi connectivity index (χ1) is 10.2. The molecule has 116 valence electrons. The molecule has 1 aliphatic rings. The number of para-hydroxylation sites is 2. The van der Waals surface area contributed by atoms with Crippen molar-refractivity contribution in [2.45, 2.75) is 33.1 Å². The molecule has 0 unspecified atom stereocenters. The van der Waals surface area contributed by atoms with Gasteiger partial charge >= 0.3 is 0 Å². The van der Waals surface area contributed by atoms with E-state index in [1.165, 1.54) is 6.42 Å². The smallest absolute Gasteiger partial charge is 0.241 e. The summed E-state index contributed by atoms with van der Waals surface area (Å²) in [5.74, 6) is 1.47. The van der Waals surface area contributed by atoms with E-state index in [-0.39, 0.29) is 5.91 Å². The molecule has 0 aliphatic carbocycles. The van der Waals surface area contributed by atoms with Crippen LogP contribution in [0.4, 0.5) is 5.69 Å². The highest BCUT2D eigenvalue weighted by atomic mass is 16.5. The lowest BCUT2D eigenvalue weighted by atomic mass is 10.1. The Morgan fingerprint density at radius 2 is 1.95 bits per heavy atom. The summed E-state index contributed by atoms with van der Waals surface area (Å²) >= 11 is 0. The van der Waals surface area contributed by atoms with Crippen LogP contribution in [-0.4, -0.2) is 37.0 Å². The van der Waals surface area contributed by atoms with Gasteiger partial charge in [0.15, 0.2) is 0 Å². The van der Waals surface area contributed by atoms with Crippen LogP contribution in [0.5, 0.6) is 5.75 Å². The molecule has 1 aliphatic heterocycles. The van der Waals surface area contributed by atoms with Crippen molar-refractivity contribution >= 4 is 11.6 Å². The van der Waals surface area contributed by atoms with E-state index in [9.17, 15) is 4.79 Å². The van der Waals surface area contributed by atoms with Crippen molar-refractivity contribution in [2.75, 3.05) is 31.6 Å². The number of amides is 1. The Balaban J connectivity index is 1.88. The van der Waals surface area contributed by atoms with Crippen LogP contribution in [0, 0.1) is 5.92 Å². The van der Waals surface area contributed by atoms with Crippen molar-refractivity contribution in [3.63, 3.8) is 0 Å². The van der Waals surface area contributed by atoms with Crippen molar-refractivity contribution in [1.29, 1.82) is 0 Å². The van der Waals surface area contributed by atoms with Crippen LogP contribution < -0.4 is 10.1 Å². The number of anilines is 1. The second kappa shape index (κ2) is 7.91. The zero-order valence-corrected chi connectivity index (χ0v) is 13.1. The van der Waals surface area contributed by atoms with Gasteiger partial charge in [-0.2, -0.15) is 0 Å². The number of ether oxygens (including phenoxy) is 1. The first-order valence-electron chi connectivity index (χ1n) is 7.90. The van der Waals surface area contributed by atoms with Crippen LogP contribution in [0.3, 0.4) is 0 Å². The van der Waals surface area contributed by atoms with Crippen LogP contribution in [0.2, 0.25) is 0 Å². The van der Waals surface area contributed by atoms with Gasteiger partial charge in [0.25, 0.3) is 0 Å². The Kier molecular flexibility index (Phi) is 5.90.